The van der Waals surface area contributed by atoms with Gasteiger partial charge in [-0.15, -0.1) is 0 Å². The first-order valence-electron chi connectivity index (χ1n) is 6.69. The largest absolute Gasteiger partial charge is 0.478 e. The van der Waals surface area contributed by atoms with Crippen LogP contribution in [0.4, 0.5) is 18.9 Å². The Bertz CT molecular complexity index is 555. The molecule has 1 saturated heterocycles. The van der Waals surface area contributed by atoms with Gasteiger partial charge in [-0.25, -0.2) is 4.79 Å². The third-order valence-electron chi connectivity index (χ3n) is 4.00. The number of carboxylic acid groups (broad SMARTS) is 1. The molecule has 0 unspecified atom stereocenters. The molecule has 1 fully saturated rings. The van der Waals surface area contributed by atoms with Crippen LogP contribution in [-0.4, -0.2) is 24.2 Å². The summed E-state index contributed by atoms with van der Waals surface area (Å²) in [7, 11) is 0. The highest BCUT2D eigenvalue weighted by atomic mass is 19.4. The summed E-state index contributed by atoms with van der Waals surface area (Å²) in [5.74, 6) is -0.934. The van der Waals surface area contributed by atoms with E-state index < -0.39 is 17.7 Å². The van der Waals surface area contributed by atoms with Crippen molar-refractivity contribution in [3.63, 3.8) is 0 Å². The summed E-state index contributed by atoms with van der Waals surface area (Å²) in [6.07, 6.45) is -4.54. The van der Waals surface area contributed by atoms with Crippen LogP contribution >= 0.6 is 0 Å². The molecule has 3 nitrogen and oxygen atoms in total. The molecule has 0 amide bonds. The van der Waals surface area contributed by atoms with Crippen molar-refractivity contribution in [2.45, 2.75) is 26.9 Å². The zero-order valence-electron chi connectivity index (χ0n) is 12.2. The van der Waals surface area contributed by atoms with Crippen LogP contribution in [0.3, 0.4) is 0 Å². The van der Waals surface area contributed by atoms with E-state index in [0.29, 0.717) is 30.8 Å². The fraction of sp³-hybridized carbons (Fsp3) is 0.533. The Hall–Kier alpha value is -1.72. The predicted molar refractivity (Wildman–Crippen MR) is 73.6 cm³/mol. The molecule has 2 rings (SSSR count). The lowest BCUT2D eigenvalue weighted by Gasteiger charge is -2.48. The average Bonchev–Trinajstić information content (AvgIpc) is 2.23. The molecule has 1 heterocycles. The van der Waals surface area contributed by atoms with Crippen molar-refractivity contribution in [1.82, 2.24) is 0 Å². The molecule has 0 spiro atoms. The molecular weight excluding hydrogens is 283 g/mol. The molecule has 0 radical (unpaired) electrons. The first-order chi connectivity index (χ1) is 9.50. The van der Waals surface area contributed by atoms with Crippen molar-refractivity contribution in [3.05, 3.63) is 29.3 Å². The predicted octanol–water partition coefficient (Wildman–Crippen LogP) is 3.89. The van der Waals surface area contributed by atoms with Gasteiger partial charge in [-0.3, -0.25) is 0 Å². The fourth-order valence-corrected chi connectivity index (χ4v) is 2.38. The Morgan fingerprint density at radius 2 is 1.81 bits per heavy atom. The minimum absolute atomic E-state index is 0.103. The smallest absolute Gasteiger partial charge is 0.416 e. The number of hydrogen-bond acceptors (Lipinski definition) is 2. The molecule has 0 bridgehead atoms. The van der Waals surface area contributed by atoms with Crippen LogP contribution < -0.4 is 4.90 Å². The van der Waals surface area contributed by atoms with E-state index in [4.69, 9.17) is 5.11 Å². The maximum Gasteiger partial charge on any atom is 0.416 e. The summed E-state index contributed by atoms with van der Waals surface area (Å²) in [5.41, 5.74) is -0.768. The zero-order valence-corrected chi connectivity index (χ0v) is 12.2. The Morgan fingerprint density at radius 1 is 1.24 bits per heavy atom. The van der Waals surface area contributed by atoms with E-state index in [9.17, 15) is 18.0 Å². The van der Waals surface area contributed by atoms with Crippen LogP contribution in [0.1, 0.15) is 36.7 Å². The van der Waals surface area contributed by atoms with Gasteiger partial charge in [0, 0.05) is 13.1 Å². The number of benzene rings is 1. The summed E-state index contributed by atoms with van der Waals surface area (Å²) in [6.45, 7) is 7.61. The SMILES string of the molecule is CC(C)(C)C1CN(c2ccc(C(F)(F)F)cc2C(=O)O)C1. The Labute approximate surface area is 121 Å². The maximum absolute atomic E-state index is 12.7. The Kier molecular flexibility index (Phi) is 3.68. The van der Waals surface area contributed by atoms with Gasteiger partial charge in [0.05, 0.1) is 16.8 Å². The second kappa shape index (κ2) is 4.93. The standard InChI is InChI=1S/C15H18F3NO2/c1-14(2,3)10-7-19(8-10)12-5-4-9(15(16,17)18)6-11(12)13(20)21/h4-6,10H,7-8H2,1-3H3,(H,20,21). The summed E-state index contributed by atoms with van der Waals surface area (Å²) in [4.78, 5) is 13.0. The second-order valence-electron chi connectivity index (χ2n) is 6.50. The lowest BCUT2D eigenvalue weighted by atomic mass is 9.75. The van der Waals surface area contributed by atoms with E-state index in [1.54, 1.807) is 0 Å². The molecule has 1 aromatic rings. The van der Waals surface area contributed by atoms with Gasteiger partial charge in [0.1, 0.15) is 0 Å². The quantitative estimate of drug-likeness (QED) is 0.901. The van der Waals surface area contributed by atoms with Crippen molar-refractivity contribution < 1.29 is 23.1 Å². The zero-order chi connectivity index (χ0) is 16.0. The van der Waals surface area contributed by atoms with Crippen LogP contribution in [0.25, 0.3) is 0 Å². The summed E-state index contributed by atoms with van der Waals surface area (Å²) in [5, 5.41) is 9.16. The number of carboxylic acids is 1. The van der Waals surface area contributed by atoms with E-state index in [-0.39, 0.29) is 11.0 Å². The lowest BCUT2D eigenvalue weighted by Crippen LogP contribution is -2.52. The van der Waals surface area contributed by atoms with E-state index in [2.05, 4.69) is 20.8 Å². The highest BCUT2D eigenvalue weighted by Crippen LogP contribution is 2.39. The fourth-order valence-electron chi connectivity index (χ4n) is 2.38. The van der Waals surface area contributed by atoms with Crippen molar-refractivity contribution in [2.24, 2.45) is 11.3 Å². The molecule has 0 saturated carbocycles. The van der Waals surface area contributed by atoms with Crippen LogP contribution in [0.15, 0.2) is 18.2 Å². The van der Waals surface area contributed by atoms with Gasteiger partial charge in [-0.2, -0.15) is 13.2 Å². The minimum Gasteiger partial charge on any atom is -0.478 e. The van der Waals surface area contributed by atoms with Gasteiger partial charge >= 0.3 is 12.1 Å². The molecule has 21 heavy (non-hydrogen) atoms. The minimum atomic E-state index is -4.54. The number of carbonyl (C=O) groups is 1. The summed E-state index contributed by atoms with van der Waals surface area (Å²) >= 11 is 0. The van der Waals surface area contributed by atoms with Gasteiger partial charge in [0.25, 0.3) is 0 Å². The first kappa shape index (κ1) is 15.7. The van der Waals surface area contributed by atoms with E-state index in [1.807, 2.05) is 4.90 Å². The topological polar surface area (TPSA) is 40.5 Å². The highest BCUT2D eigenvalue weighted by Gasteiger charge is 2.38. The molecule has 0 aliphatic carbocycles. The number of nitrogens with zero attached hydrogens (tertiary/aromatic N) is 1. The number of aromatic carboxylic acids is 1. The monoisotopic (exact) mass is 301 g/mol. The molecule has 0 aromatic heterocycles. The molecule has 1 aromatic carbocycles. The molecule has 0 atom stereocenters. The number of rotatable bonds is 2. The number of halogens is 3. The normalized spacial score (nSPS) is 16.8. The van der Waals surface area contributed by atoms with Crippen molar-refractivity contribution in [3.8, 4) is 0 Å². The third kappa shape index (κ3) is 3.14. The van der Waals surface area contributed by atoms with Crippen LogP contribution in [0.2, 0.25) is 0 Å². The lowest BCUT2D eigenvalue weighted by molar-refractivity contribution is -0.137. The van der Waals surface area contributed by atoms with E-state index in [1.165, 1.54) is 6.07 Å². The van der Waals surface area contributed by atoms with Gasteiger partial charge in [0.2, 0.25) is 0 Å². The van der Waals surface area contributed by atoms with Crippen LogP contribution in [-0.2, 0) is 6.18 Å². The molecular formula is C15H18F3NO2. The molecule has 6 heteroatoms. The van der Waals surface area contributed by atoms with Crippen LogP contribution in [0.5, 0.6) is 0 Å². The number of anilines is 1. The third-order valence-corrected chi connectivity index (χ3v) is 4.00. The van der Waals surface area contributed by atoms with Crippen molar-refractivity contribution in [2.75, 3.05) is 18.0 Å². The molecule has 1 aliphatic rings. The van der Waals surface area contributed by atoms with Crippen molar-refractivity contribution in [1.29, 1.82) is 0 Å². The van der Waals surface area contributed by atoms with Gasteiger partial charge in [-0.1, -0.05) is 20.8 Å². The van der Waals surface area contributed by atoms with Gasteiger partial charge < -0.3 is 10.0 Å². The van der Waals surface area contributed by atoms with E-state index in [0.717, 1.165) is 6.07 Å². The highest BCUT2D eigenvalue weighted by molar-refractivity contribution is 5.95. The maximum atomic E-state index is 12.7. The summed E-state index contributed by atoms with van der Waals surface area (Å²) in [6, 6.07) is 2.90. The van der Waals surface area contributed by atoms with Gasteiger partial charge in [-0.05, 0) is 29.5 Å². The number of hydrogen-bond donors (Lipinski definition) is 1. The molecule has 1 aliphatic heterocycles. The van der Waals surface area contributed by atoms with Crippen molar-refractivity contribution >= 4 is 11.7 Å². The first-order valence-corrected chi connectivity index (χ1v) is 6.69. The number of alkyl halides is 3. The summed E-state index contributed by atoms with van der Waals surface area (Å²) < 4.78 is 38.0. The Morgan fingerprint density at radius 3 is 2.24 bits per heavy atom. The Balaban J connectivity index is 2.28. The van der Waals surface area contributed by atoms with Crippen LogP contribution in [0, 0.1) is 11.3 Å². The van der Waals surface area contributed by atoms with E-state index >= 15 is 0 Å². The molecule has 116 valence electrons. The van der Waals surface area contributed by atoms with Gasteiger partial charge in [0.15, 0.2) is 0 Å². The second-order valence-corrected chi connectivity index (χ2v) is 6.50. The average molecular weight is 301 g/mol. The molecule has 1 N–H and O–H groups in total.